The van der Waals surface area contributed by atoms with E-state index in [1.807, 2.05) is 36.9 Å². The van der Waals surface area contributed by atoms with Gasteiger partial charge in [-0.3, -0.25) is 0 Å². The molecule has 0 spiro atoms. The summed E-state index contributed by atoms with van der Waals surface area (Å²) in [6, 6.07) is 6.34. The number of hydrogen-bond donors (Lipinski definition) is 2. The molecule has 1 aromatic rings. The van der Waals surface area contributed by atoms with Gasteiger partial charge in [0.25, 0.3) is 0 Å². The summed E-state index contributed by atoms with van der Waals surface area (Å²) in [7, 11) is 0. The topological polar surface area (TPSA) is 41.5 Å². The first-order valence-corrected chi connectivity index (χ1v) is 9.01. The van der Waals surface area contributed by atoms with Crippen LogP contribution in [0.25, 0.3) is 0 Å². The van der Waals surface area contributed by atoms with E-state index in [9.17, 15) is 5.11 Å². The highest BCUT2D eigenvalue weighted by molar-refractivity contribution is 9.10. The summed E-state index contributed by atoms with van der Waals surface area (Å²) in [6.07, 6.45) is 2.72. The normalized spacial score (nSPS) is 14.1. The number of rotatable bonds is 9. The van der Waals surface area contributed by atoms with E-state index in [-0.39, 0.29) is 0 Å². The monoisotopic (exact) mass is 361 g/mol. The van der Waals surface area contributed by atoms with Gasteiger partial charge in [-0.25, -0.2) is 0 Å². The maximum Gasteiger partial charge on any atom is 0.133 e. The summed E-state index contributed by atoms with van der Waals surface area (Å²) in [6.45, 7) is 5.02. The first kappa shape index (κ1) is 17.8. The molecule has 0 amide bonds. The lowest BCUT2D eigenvalue weighted by Crippen LogP contribution is -2.36. The molecular formula is C15H24BrNO2S. The standard InChI is InChI=1S/C15H24BrNO2S/c1-11-4-5-15(14(16)8-11)19-10-13(18)9-17-12(2)6-7-20-3/h4-5,8,12-13,17-18H,6-7,9-10H2,1-3H3. The van der Waals surface area contributed by atoms with Crippen molar-refractivity contribution in [1.82, 2.24) is 5.32 Å². The number of aliphatic hydroxyl groups excluding tert-OH is 1. The van der Waals surface area contributed by atoms with Gasteiger partial charge in [0.2, 0.25) is 0 Å². The number of aryl methyl sites for hydroxylation is 1. The number of aliphatic hydroxyl groups is 1. The van der Waals surface area contributed by atoms with E-state index >= 15 is 0 Å². The molecule has 0 bridgehead atoms. The molecule has 2 N–H and O–H groups in total. The fourth-order valence-electron chi connectivity index (χ4n) is 1.70. The molecule has 0 aromatic heterocycles. The van der Waals surface area contributed by atoms with Gasteiger partial charge in [-0.05, 0) is 65.9 Å². The predicted octanol–water partition coefficient (Wildman–Crippen LogP) is 3.23. The van der Waals surface area contributed by atoms with Gasteiger partial charge < -0.3 is 15.2 Å². The maximum atomic E-state index is 9.92. The van der Waals surface area contributed by atoms with E-state index in [0.29, 0.717) is 19.2 Å². The molecule has 3 nitrogen and oxygen atoms in total. The fraction of sp³-hybridized carbons (Fsp3) is 0.600. The molecule has 20 heavy (non-hydrogen) atoms. The quantitative estimate of drug-likeness (QED) is 0.708. The van der Waals surface area contributed by atoms with Crippen molar-refractivity contribution in [2.75, 3.05) is 25.2 Å². The highest BCUT2D eigenvalue weighted by atomic mass is 79.9. The molecule has 2 unspecified atom stereocenters. The Morgan fingerprint density at radius 3 is 2.85 bits per heavy atom. The van der Waals surface area contributed by atoms with E-state index < -0.39 is 6.10 Å². The molecule has 1 aromatic carbocycles. The van der Waals surface area contributed by atoms with Gasteiger partial charge in [0.1, 0.15) is 18.5 Å². The lowest BCUT2D eigenvalue weighted by Gasteiger charge is -2.17. The van der Waals surface area contributed by atoms with Crippen LogP contribution in [-0.4, -0.2) is 42.4 Å². The van der Waals surface area contributed by atoms with Crippen LogP contribution < -0.4 is 10.1 Å². The minimum atomic E-state index is -0.500. The van der Waals surface area contributed by atoms with Crippen LogP contribution in [0.3, 0.4) is 0 Å². The van der Waals surface area contributed by atoms with Gasteiger partial charge >= 0.3 is 0 Å². The van der Waals surface area contributed by atoms with Crippen LogP contribution in [0.15, 0.2) is 22.7 Å². The van der Waals surface area contributed by atoms with Crippen molar-refractivity contribution in [3.05, 3.63) is 28.2 Å². The van der Waals surface area contributed by atoms with Gasteiger partial charge in [0, 0.05) is 12.6 Å². The molecule has 0 aliphatic heterocycles. The molecule has 5 heteroatoms. The lowest BCUT2D eigenvalue weighted by atomic mass is 10.2. The number of hydrogen-bond acceptors (Lipinski definition) is 4. The largest absolute Gasteiger partial charge is 0.490 e. The number of nitrogens with one attached hydrogen (secondary N) is 1. The summed E-state index contributed by atoms with van der Waals surface area (Å²) in [5.74, 6) is 1.90. The number of thioether (sulfide) groups is 1. The van der Waals surface area contributed by atoms with Crippen molar-refractivity contribution in [1.29, 1.82) is 0 Å². The van der Waals surface area contributed by atoms with Crippen molar-refractivity contribution < 1.29 is 9.84 Å². The van der Waals surface area contributed by atoms with Crippen LogP contribution in [0.1, 0.15) is 18.9 Å². The Morgan fingerprint density at radius 1 is 1.45 bits per heavy atom. The van der Waals surface area contributed by atoms with Gasteiger partial charge in [0.05, 0.1) is 4.47 Å². The van der Waals surface area contributed by atoms with Gasteiger partial charge in [0.15, 0.2) is 0 Å². The van der Waals surface area contributed by atoms with Crippen molar-refractivity contribution in [2.45, 2.75) is 32.4 Å². The van der Waals surface area contributed by atoms with Crippen molar-refractivity contribution >= 4 is 27.7 Å². The smallest absolute Gasteiger partial charge is 0.133 e. The molecule has 0 heterocycles. The second kappa shape index (κ2) is 9.66. The third-order valence-electron chi connectivity index (χ3n) is 2.98. The Kier molecular flexibility index (Phi) is 8.61. The van der Waals surface area contributed by atoms with Crippen LogP contribution in [-0.2, 0) is 0 Å². The fourth-order valence-corrected chi connectivity index (χ4v) is 2.90. The van der Waals surface area contributed by atoms with Crippen molar-refractivity contribution in [3.8, 4) is 5.75 Å². The van der Waals surface area contributed by atoms with Gasteiger partial charge in [-0.2, -0.15) is 11.8 Å². The summed E-state index contributed by atoms with van der Waals surface area (Å²) >= 11 is 5.31. The molecule has 0 saturated carbocycles. The maximum absolute atomic E-state index is 9.92. The van der Waals surface area contributed by atoms with Crippen LogP contribution in [0, 0.1) is 6.92 Å². The Labute approximate surface area is 134 Å². The summed E-state index contributed by atoms with van der Waals surface area (Å²) in [5.41, 5.74) is 1.18. The number of halogens is 1. The third-order valence-corrected chi connectivity index (χ3v) is 4.24. The molecule has 0 aliphatic carbocycles. The Morgan fingerprint density at radius 2 is 2.20 bits per heavy atom. The van der Waals surface area contributed by atoms with E-state index in [1.54, 1.807) is 0 Å². The van der Waals surface area contributed by atoms with Crippen LogP contribution in [0.5, 0.6) is 5.75 Å². The molecule has 0 fully saturated rings. The predicted molar refractivity (Wildman–Crippen MR) is 90.8 cm³/mol. The first-order chi connectivity index (χ1) is 9.52. The van der Waals surface area contributed by atoms with E-state index in [1.165, 1.54) is 5.56 Å². The van der Waals surface area contributed by atoms with Crippen LogP contribution in [0.2, 0.25) is 0 Å². The Balaban J connectivity index is 2.27. The van der Waals surface area contributed by atoms with Crippen LogP contribution in [0.4, 0.5) is 0 Å². The first-order valence-electron chi connectivity index (χ1n) is 6.82. The third kappa shape index (κ3) is 6.97. The zero-order valence-corrected chi connectivity index (χ0v) is 14.8. The molecule has 0 radical (unpaired) electrons. The van der Waals surface area contributed by atoms with E-state index in [2.05, 4.69) is 34.4 Å². The Bertz CT molecular complexity index is 403. The van der Waals surface area contributed by atoms with Gasteiger partial charge in [-0.15, -0.1) is 0 Å². The summed E-state index contributed by atoms with van der Waals surface area (Å²) in [5, 5.41) is 13.2. The Hall–Kier alpha value is -0.230. The summed E-state index contributed by atoms with van der Waals surface area (Å²) in [4.78, 5) is 0. The minimum absolute atomic E-state index is 0.296. The molecule has 2 atom stereocenters. The molecule has 0 aliphatic rings. The van der Waals surface area contributed by atoms with Crippen molar-refractivity contribution in [3.63, 3.8) is 0 Å². The number of benzene rings is 1. The SMILES string of the molecule is CSCCC(C)NCC(O)COc1ccc(C)cc1Br. The second-order valence-electron chi connectivity index (χ2n) is 4.99. The number of ether oxygens (including phenoxy) is 1. The minimum Gasteiger partial charge on any atom is -0.490 e. The molecular weight excluding hydrogens is 338 g/mol. The van der Waals surface area contributed by atoms with Crippen molar-refractivity contribution in [2.24, 2.45) is 0 Å². The zero-order valence-electron chi connectivity index (χ0n) is 12.4. The highest BCUT2D eigenvalue weighted by Crippen LogP contribution is 2.25. The average Bonchev–Trinajstić information content (AvgIpc) is 2.41. The lowest BCUT2D eigenvalue weighted by molar-refractivity contribution is 0.103. The van der Waals surface area contributed by atoms with Gasteiger partial charge in [-0.1, -0.05) is 6.07 Å². The average molecular weight is 362 g/mol. The summed E-state index contributed by atoms with van der Waals surface area (Å²) < 4.78 is 6.55. The van der Waals surface area contributed by atoms with Crippen LogP contribution >= 0.6 is 27.7 Å². The van der Waals surface area contributed by atoms with E-state index in [4.69, 9.17) is 4.74 Å². The highest BCUT2D eigenvalue weighted by Gasteiger charge is 2.09. The molecule has 0 saturated heterocycles. The second-order valence-corrected chi connectivity index (χ2v) is 6.83. The zero-order chi connectivity index (χ0) is 15.0. The molecule has 114 valence electrons. The molecule has 1 rings (SSSR count). The van der Waals surface area contributed by atoms with E-state index in [0.717, 1.165) is 22.4 Å².